The Morgan fingerprint density at radius 2 is 2.04 bits per heavy atom. The zero-order valence-corrected chi connectivity index (χ0v) is 17.3. The van der Waals surface area contributed by atoms with Gasteiger partial charge in [-0.1, -0.05) is 18.0 Å². The summed E-state index contributed by atoms with van der Waals surface area (Å²) in [5, 5.41) is 0.439. The number of aryl methyl sites for hydroxylation is 1. The van der Waals surface area contributed by atoms with Crippen molar-refractivity contribution in [3.05, 3.63) is 22.7 Å². The van der Waals surface area contributed by atoms with Crippen LogP contribution in [0.1, 0.15) is 44.6 Å². The van der Waals surface area contributed by atoms with Gasteiger partial charge in [-0.3, -0.25) is 0 Å². The van der Waals surface area contributed by atoms with E-state index in [1.54, 1.807) is 17.5 Å². The number of ether oxygens (including phenoxy) is 2. The van der Waals surface area contributed by atoms with Crippen LogP contribution in [-0.2, 0) is 14.8 Å². The minimum absolute atomic E-state index is 0.0691. The first kappa shape index (κ1) is 19.9. The van der Waals surface area contributed by atoms with Gasteiger partial charge in [-0.25, -0.2) is 8.42 Å². The van der Waals surface area contributed by atoms with E-state index in [1.807, 2.05) is 13.8 Å². The molecule has 2 atom stereocenters. The monoisotopic (exact) mass is 401 g/mol. The van der Waals surface area contributed by atoms with E-state index < -0.39 is 10.0 Å². The van der Waals surface area contributed by atoms with Crippen molar-refractivity contribution in [2.24, 2.45) is 5.41 Å². The van der Waals surface area contributed by atoms with Gasteiger partial charge >= 0.3 is 0 Å². The van der Waals surface area contributed by atoms with Crippen LogP contribution in [0.5, 0.6) is 5.75 Å². The average Bonchev–Trinajstić information content (AvgIpc) is 2.99. The molecule has 1 aromatic carbocycles. The Hall–Kier alpha value is -0.820. The molecule has 1 aliphatic carbocycles. The highest BCUT2D eigenvalue weighted by Crippen LogP contribution is 2.47. The van der Waals surface area contributed by atoms with E-state index in [-0.39, 0.29) is 16.4 Å². The zero-order chi connectivity index (χ0) is 18.9. The molecule has 0 unspecified atom stereocenters. The van der Waals surface area contributed by atoms with Gasteiger partial charge in [-0.05, 0) is 57.2 Å². The average molecular weight is 402 g/mol. The van der Waals surface area contributed by atoms with Gasteiger partial charge in [0.2, 0.25) is 10.0 Å². The number of hydrogen-bond donors (Lipinski definition) is 0. The van der Waals surface area contributed by atoms with E-state index in [0.29, 0.717) is 30.5 Å². The molecule has 0 aromatic heterocycles. The Kier molecular flexibility index (Phi) is 5.87. The van der Waals surface area contributed by atoms with Crippen LogP contribution in [0.15, 0.2) is 17.0 Å². The maximum absolute atomic E-state index is 13.4. The molecule has 146 valence electrons. The lowest BCUT2D eigenvalue weighted by molar-refractivity contribution is -0.0185. The van der Waals surface area contributed by atoms with Crippen molar-refractivity contribution >= 4 is 21.6 Å². The number of methoxy groups -OCH3 is 1. The van der Waals surface area contributed by atoms with E-state index in [4.69, 9.17) is 21.1 Å². The molecule has 0 amide bonds. The molecule has 1 spiro atoms. The molecule has 2 aliphatic rings. The van der Waals surface area contributed by atoms with E-state index in [1.165, 1.54) is 6.07 Å². The number of rotatable bonds is 5. The quantitative estimate of drug-likeness (QED) is 0.747. The molecule has 0 radical (unpaired) electrons. The smallest absolute Gasteiger partial charge is 0.246 e. The van der Waals surface area contributed by atoms with Crippen LogP contribution in [-0.4, -0.2) is 45.6 Å². The minimum atomic E-state index is -3.68. The summed E-state index contributed by atoms with van der Waals surface area (Å²) >= 11 is 6.24. The molecule has 7 heteroatoms. The first-order valence-corrected chi connectivity index (χ1v) is 11.1. The topological polar surface area (TPSA) is 55.8 Å². The summed E-state index contributed by atoms with van der Waals surface area (Å²) in [5.74, 6) is 0.378. The molecule has 26 heavy (non-hydrogen) atoms. The van der Waals surface area contributed by atoms with Gasteiger partial charge in [-0.15, -0.1) is 0 Å². The Balaban J connectivity index is 1.97. The van der Waals surface area contributed by atoms with Gasteiger partial charge in [0.15, 0.2) is 0 Å². The van der Waals surface area contributed by atoms with Crippen LogP contribution in [0.2, 0.25) is 5.02 Å². The molecule has 1 heterocycles. The molecule has 0 N–H and O–H groups in total. The van der Waals surface area contributed by atoms with Gasteiger partial charge in [0.05, 0.1) is 12.7 Å². The maximum Gasteiger partial charge on any atom is 0.246 e. The van der Waals surface area contributed by atoms with Crippen molar-refractivity contribution in [1.29, 1.82) is 0 Å². The number of hydrogen-bond acceptors (Lipinski definition) is 4. The summed E-state index contributed by atoms with van der Waals surface area (Å²) in [4.78, 5) is 0.166. The first-order valence-electron chi connectivity index (χ1n) is 9.30. The highest BCUT2D eigenvalue weighted by Gasteiger charge is 2.48. The van der Waals surface area contributed by atoms with Crippen molar-refractivity contribution in [3.8, 4) is 5.75 Å². The summed E-state index contributed by atoms with van der Waals surface area (Å²) < 4.78 is 39.8. The number of sulfonamides is 1. The second-order valence-corrected chi connectivity index (χ2v) is 9.72. The Morgan fingerprint density at radius 1 is 1.31 bits per heavy atom. The second-order valence-electron chi connectivity index (χ2n) is 7.40. The fourth-order valence-electron chi connectivity index (χ4n) is 4.51. The number of nitrogens with zero attached hydrogens (tertiary/aromatic N) is 1. The largest absolute Gasteiger partial charge is 0.492 e. The molecule has 1 aromatic rings. The molecular weight excluding hydrogens is 374 g/mol. The minimum Gasteiger partial charge on any atom is -0.492 e. The lowest BCUT2D eigenvalue weighted by Crippen LogP contribution is -2.49. The SMILES string of the molecule is CCOc1cc(C)c(Cl)cc1S(=O)(=O)N1CCC[C@]2(CCC[C@H]2OC)C1. The van der Waals surface area contributed by atoms with E-state index in [2.05, 4.69) is 0 Å². The van der Waals surface area contributed by atoms with E-state index in [9.17, 15) is 8.42 Å². The summed E-state index contributed by atoms with van der Waals surface area (Å²) in [6.45, 7) is 5.12. The Morgan fingerprint density at radius 3 is 2.73 bits per heavy atom. The number of halogens is 1. The van der Waals surface area contributed by atoms with E-state index >= 15 is 0 Å². The fraction of sp³-hybridized carbons (Fsp3) is 0.684. The molecule has 0 bridgehead atoms. The third-order valence-electron chi connectivity index (χ3n) is 5.82. The van der Waals surface area contributed by atoms with Crippen LogP contribution in [0.3, 0.4) is 0 Å². The highest BCUT2D eigenvalue weighted by molar-refractivity contribution is 7.89. The lowest BCUT2D eigenvalue weighted by Gasteiger charge is -2.43. The number of benzene rings is 1. The lowest BCUT2D eigenvalue weighted by atomic mass is 9.77. The normalized spacial score (nSPS) is 27.2. The van der Waals surface area contributed by atoms with E-state index in [0.717, 1.165) is 37.7 Å². The van der Waals surface area contributed by atoms with Gasteiger partial charge < -0.3 is 9.47 Å². The van der Waals surface area contributed by atoms with Gasteiger partial charge in [0.1, 0.15) is 10.6 Å². The van der Waals surface area contributed by atoms with Gasteiger partial charge in [-0.2, -0.15) is 4.31 Å². The molecule has 3 rings (SSSR count). The number of piperidine rings is 1. The van der Waals surface area contributed by atoms with Gasteiger partial charge in [0, 0.05) is 30.6 Å². The van der Waals surface area contributed by atoms with Gasteiger partial charge in [0.25, 0.3) is 0 Å². The summed E-state index contributed by atoms with van der Waals surface area (Å²) in [6, 6.07) is 3.24. The third-order valence-corrected chi connectivity index (χ3v) is 8.10. The first-order chi connectivity index (χ1) is 12.3. The second kappa shape index (κ2) is 7.66. The predicted molar refractivity (Wildman–Crippen MR) is 102 cm³/mol. The maximum atomic E-state index is 13.4. The Bertz CT molecular complexity index is 767. The van der Waals surface area contributed by atoms with Crippen molar-refractivity contribution in [2.75, 3.05) is 26.8 Å². The predicted octanol–water partition coefficient (Wildman–Crippen LogP) is 4.02. The van der Waals surface area contributed by atoms with Crippen molar-refractivity contribution < 1.29 is 17.9 Å². The Labute approximate surface area is 161 Å². The summed E-state index contributed by atoms with van der Waals surface area (Å²) in [6.07, 6.45) is 5.11. The van der Waals surface area contributed by atoms with Crippen LogP contribution in [0.25, 0.3) is 0 Å². The van der Waals surface area contributed by atoms with Crippen LogP contribution in [0, 0.1) is 12.3 Å². The highest BCUT2D eigenvalue weighted by atomic mass is 35.5. The molecular formula is C19H28ClNO4S. The van der Waals surface area contributed by atoms with Crippen LogP contribution in [0.4, 0.5) is 0 Å². The molecule has 1 saturated carbocycles. The summed E-state index contributed by atoms with van der Waals surface area (Å²) in [5.41, 5.74) is 0.736. The standard InChI is InChI=1S/C19H28ClNO4S/c1-4-25-16-11-14(2)15(20)12-17(16)26(22,23)21-10-6-9-19(13-21)8-5-7-18(19)24-3/h11-12,18H,4-10,13H2,1-3H3/t18-,19-/m1/s1. The third kappa shape index (κ3) is 3.49. The summed E-state index contributed by atoms with van der Waals surface area (Å²) in [7, 11) is -1.95. The molecule has 1 saturated heterocycles. The molecule has 2 fully saturated rings. The fourth-order valence-corrected chi connectivity index (χ4v) is 6.45. The van der Waals surface area contributed by atoms with Crippen molar-refractivity contribution in [3.63, 3.8) is 0 Å². The molecule has 1 aliphatic heterocycles. The molecule has 5 nitrogen and oxygen atoms in total. The van der Waals surface area contributed by atoms with Crippen molar-refractivity contribution in [2.45, 2.75) is 57.0 Å². The van der Waals surface area contributed by atoms with Crippen LogP contribution >= 0.6 is 11.6 Å². The zero-order valence-electron chi connectivity index (χ0n) is 15.8. The van der Waals surface area contributed by atoms with Crippen molar-refractivity contribution in [1.82, 2.24) is 4.31 Å². The van der Waals surface area contributed by atoms with Crippen LogP contribution < -0.4 is 4.74 Å².